The molecule has 0 saturated carbocycles. The van der Waals surface area contributed by atoms with Gasteiger partial charge in [0.2, 0.25) is 0 Å². The van der Waals surface area contributed by atoms with E-state index in [1.54, 1.807) is 10.9 Å². The molecule has 3 aromatic rings. The molecule has 3 rings (SSSR count). The lowest BCUT2D eigenvalue weighted by Crippen LogP contribution is -2.00. The fourth-order valence-electron chi connectivity index (χ4n) is 2.13. The highest BCUT2D eigenvalue weighted by Gasteiger charge is 2.14. The van der Waals surface area contributed by atoms with Gasteiger partial charge in [-0.25, -0.2) is 0 Å². The van der Waals surface area contributed by atoms with E-state index in [2.05, 4.69) is 21.0 Å². The smallest absolute Gasteiger partial charge is 0.155 e. The first kappa shape index (κ1) is 13.8. The van der Waals surface area contributed by atoms with Crippen LogP contribution in [-0.4, -0.2) is 16.1 Å². The van der Waals surface area contributed by atoms with Crippen molar-refractivity contribution in [1.82, 2.24) is 9.78 Å². The summed E-state index contributed by atoms with van der Waals surface area (Å²) in [5.74, 6) is 1.41. The summed E-state index contributed by atoms with van der Waals surface area (Å²) < 4.78 is 8.33. The van der Waals surface area contributed by atoms with Gasteiger partial charge in [-0.2, -0.15) is 5.10 Å². The molecule has 0 radical (unpaired) electrons. The molecule has 0 amide bonds. The van der Waals surface area contributed by atoms with E-state index in [4.69, 9.17) is 4.42 Å². The second-order valence-corrected chi connectivity index (χ2v) is 5.70. The number of halogens is 1. The van der Waals surface area contributed by atoms with Crippen molar-refractivity contribution in [1.29, 1.82) is 0 Å². The Hall–Kier alpha value is -2.14. The van der Waals surface area contributed by atoms with Gasteiger partial charge in [-0.3, -0.25) is 9.48 Å². The van der Waals surface area contributed by atoms with Crippen molar-refractivity contribution in [3.05, 3.63) is 64.0 Å². The molecule has 0 unspecified atom stereocenters. The third-order valence-corrected chi connectivity index (χ3v) is 3.68. The predicted octanol–water partition coefficient (Wildman–Crippen LogP) is 4.07. The number of furan rings is 1. The van der Waals surface area contributed by atoms with Crippen LogP contribution >= 0.6 is 15.9 Å². The number of rotatable bonds is 4. The fourth-order valence-corrected chi connectivity index (χ4v) is 2.40. The van der Waals surface area contributed by atoms with Gasteiger partial charge < -0.3 is 4.42 Å². The van der Waals surface area contributed by atoms with Crippen LogP contribution in [0.25, 0.3) is 11.5 Å². The normalized spacial score (nSPS) is 10.8. The van der Waals surface area contributed by atoms with Crippen molar-refractivity contribution < 1.29 is 9.21 Å². The van der Waals surface area contributed by atoms with E-state index in [1.807, 2.05) is 43.3 Å². The summed E-state index contributed by atoms with van der Waals surface area (Å²) in [5, 5.41) is 4.46. The van der Waals surface area contributed by atoms with Crippen LogP contribution in [-0.2, 0) is 6.54 Å². The predicted molar refractivity (Wildman–Crippen MR) is 83.3 cm³/mol. The van der Waals surface area contributed by atoms with Crippen LogP contribution in [0.4, 0.5) is 0 Å². The van der Waals surface area contributed by atoms with Gasteiger partial charge in [-0.15, -0.1) is 0 Å². The topological polar surface area (TPSA) is 48.0 Å². The van der Waals surface area contributed by atoms with Crippen LogP contribution in [0.15, 0.2) is 51.5 Å². The minimum absolute atomic E-state index is 0.529. The van der Waals surface area contributed by atoms with E-state index in [0.29, 0.717) is 23.6 Å². The van der Waals surface area contributed by atoms with E-state index in [9.17, 15) is 4.79 Å². The van der Waals surface area contributed by atoms with Gasteiger partial charge in [0.15, 0.2) is 12.0 Å². The Morgan fingerprint density at radius 3 is 2.62 bits per heavy atom. The van der Waals surface area contributed by atoms with Crippen molar-refractivity contribution in [2.24, 2.45) is 0 Å². The molecule has 1 aromatic carbocycles. The molecular weight excluding hydrogens is 332 g/mol. The molecule has 4 nitrogen and oxygen atoms in total. The molecule has 0 atom stereocenters. The minimum Gasteiger partial charge on any atom is -0.460 e. The zero-order chi connectivity index (χ0) is 14.8. The molecule has 0 aliphatic rings. The maximum atomic E-state index is 11.2. The third-order valence-electron chi connectivity index (χ3n) is 3.15. The Balaban J connectivity index is 1.92. The van der Waals surface area contributed by atoms with Gasteiger partial charge in [0.05, 0.1) is 12.1 Å². The van der Waals surface area contributed by atoms with Crippen LogP contribution in [0.5, 0.6) is 0 Å². The number of hydrogen-bond donors (Lipinski definition) is 0. The standard InChI is InChI=1S/C16H13BrN2O2/c1-11-2-7-15(21-11)16-13(10-20)9-19(18-16)8-12-3-5-14(17)6-4-12/h2-7,9-10H,8H2,1H3. The SMILES string of the molecule is Cc1ccc(-c2nn(Cc3ccc(Br)cc3)cc2C=O)o1. The van der Waals surface area contributed by atoms with Gasteiger partial charge in [-0.05, 0) is 36.8 Å². The summed E-state index contributed by atoms with van der Waals surface area (Å²) in [5.41, 5.74) is 2.22. The van der Waals surface area contributed by atoms with Crippen molar-refractivity contribution in [3.63, 3.8) is 0 Å². The van der Waals surface area contributed by atoms with Crippen LogP contribution < -0.4 is 0 Å². The number of carbonyl (C=O) groups is 1. The Labute approximate surface area is 130 Å². The molecule has 0 spiro atoms. The molecule has 5 heteroatoms. The monoisotopic (exact) mass is 344 g/mol. The van der Waals surface area contributed by atoms with Gasteiger partial charge in [0, 0.05) is 10.7 Å². The minimum atomic E-state index is 0.529. The summed E-state index contributed by atoms with van der Waals surface area (Å²) in [6.07, 6.45) is 2.54. The Kier molecular flexibility index (Phi) is 3.75. The quantitative estimate of drug-likeness (QED) is 0.670. The fraction of sp³-hybridized carbons (Fsp3) is 0.125. The van der Waals surface area contributed by atoms with E-state index in [-0.39, 0.29) is 0 Å². The van der Waals surface area contributed by atoms with E-state index in [1.165, 1.54) is 0 Å². The highest BCUT2D eigenvalue weighted by atomic mass is 79.9. The highest BCUT2D eigenvalue weighted by Crippen LogP contribution is 2.23. The summed E-state index contributed by atoms with van der Waals surface area (Å²) >= 11 is 3.41. The number of aldehydes is 1. The largest absolute Gasteiger partial charge is 0.460 e. The van der Waals surface area contributed by atoms with Gasteiger partial charge in [0.25, 0.3) is 0 Å². The Bertz CT molecular complexity index is 772. The first-order chi connectivity index (χ1) is 10.2. The number of aryl methyl sites for hydroxylation is 1. The van der Waals surface area contributed by atoms with Gasteiger partial charge >= 0.3 is 0 Å². The molecular formula is C16H13BrN2O2. The average molecular weight is 345 g/mol. The number of aromatic nitrogens is 2. The van der Waals surface area contributed by atoms with Crippen LogP contribution in [0, 0.1) is 6.92 Å². The average Bonchev–Trinajstić information content (AvgIpc) is 3.07. The van der Waals surface area contributed by atoms with E-state index < -0.39 is 0 Å². The Morgan fingerprint density at radius 1 is 1.24 bits per heavy atom. The second-order valence-electron chi connectivity index (χ2n) is 4.79. The molecule has 21 heavy (non-hydrogen) atoms. The number of hydrogen-bond acceptors (Lipinski definition) is 3. The molecule has 2 aromatic heterocycles. The van der Waals surface area contributed by atoms with Crippen molar-refractivity contribution in [3.8, 4) is 11.5 Å². The van der Waals surface area contributed by atoms with Gasteiger partial charge in [0.1, 0.15) is 11.5 Å². The lowest BCUT2D eigenvalue weighted by atomic mass is 10.2. The molecule has 0 aliphatic carbocycles. The van der Waals surface area contributed by atoms with Crippen molar-refractivity contribution in [2.45, 2.75) is 13.5 Å². The number of carbonyl (C=O) groups excluding carboxylic acids is 1. The summed E-state index contributed by atoms with van der Waals surface area (Å²) in [6.45, 7) is 2.47. The summed E-state index contributed by atoms with van der Waals surface area (Å²) in [7, 11) is 0. The van der Waals surface area contributed by atoms with Gasteiger partial charge in [-0.1, -0.05) is 28.1 Å². The molecule has 2 heterocycles. The van der Waals surface area contributed by atoms with E-state index in [0.717, 1.165) is 22.1 Å². The lowest BCUT2D eigenvalue weighted by Gasteiger charge is -2.01. The highest BCUT2D eigenvalue weighted by molar-refractivity contribution is 9.10. The maximum absolute atomic E-state index is 11.2. The van der Waals surface area contributed by atoms with E-state index >= 15 is 0 Å². The molecule has 0 N–H and O–H groups in total. The molecule has 0 fully saturated rings. The summed E-state index contributed by atoms with van der Waals surface area (Å²) in [4.78, 5) is 11.2. The second kappa shape index (κ2) is 5.69. The number of nitrogens with zero attached hydrogens (tertiary/aromatic N) is 2. The van der Waals surface area contributed by atoms with Crippen molar-refractivity contribution in [2.75, 3.05) is 0 Å². The molecule has 0 aliphatic heterocycles. The molecule has 0 bridgehead atoms. The van der Waals surface area contributed by atoms with Crippen LogP contribution in [0.3, 0.4) is 0 Å². The third kappa shape index (κ3) is 2.97. The first-order valence-corrected chi connectivity index (χ1v) is 7.29. The first-order valence-electron chi connectivity index (χ1n) is 6.49. The zero-order valence-corrected chi connectivity index (χ0v) is 13.0. The zero-order valence-electron chi connectivity index (χ0n) is 11.4. The maximum Gasteiger partial charge on any atom is 0.155 e. The molecule has 0 saturated heterocycles. The lowest BCUT2D eigenvalue weighted by molar-refractivity contribution is 0.112. The van der Waals surface area contributed by atoms with Crippen LogP contribution in [0.2, 0.25) is 0 Å². The van der Waals surface area contributed by atoms with Crippen molar-refractivity contribution >= 4 is 22.2 Å². The number of benzene rings is 1. The summed E-state index contributed by atoms with van der Waals surface area (Å²) in [6, 6.07) is 11.7. The Morgan fingerprint density at radius 2 is 2.00 bits per heavy atom. The molecule has 106 valence electrons. The van der Waals surface area contributed by atoms with Crippen LogP contribution in [0.1, 0.15) is 21.7 Å².